The summed E-state index contributed by atoms with van der Waals surface area (Å²) in [5.41, 5.74) is 20.2. The Kier molecular flexibility index (Phi) is 22.3. The first-order chi connectivity index (χ1) is 55.1. The molecule has 0 bridgehead atoms. The van der Waals surface area contributed by atoms with Crippen molar-refractivity contribution in [3.05, 3.63) is 351 Å². The lowest BCUT2D eigenvalue weighted by atomic mass is 9.65. The summed E-state index contributed by atoms with van der Waals surface area (Å²) in [5.74, 6) is 6.27. The predicted octanol–water partition coefficient (Wildman–Crippen LogP) is 25.8. The Morgan fingerprint density at radius 1 is 0.152 bits per heavy atom. The fourth-order valence-electron chi connectivity index (χ4n) is 15.3. The van der Waals surface area contributed by atoms with Crippen molar-refractivity contribution in [3.8, 4) is 46.0 Å². The Labute approximate surface area is 657 Å². The number of rotatable bonds is 28. The van der Waals surface area contributed by atoms with Crippen LogP contribution in [-0.2, 0) is 5.41 Å². The summed E-state index contributed by atoms with van der Waals surface area (Å²) in [4.78, 5) is 13.7. The van der Waals surface area contributed by atoms with Gasteiger partial charge in [-0.05, 0) is 339 Å². The maximum Gasteiger partial charge on any atom is 0.119 e. The quantitative estimate of drug-likeness (QED) is 0.0466. The van der Waals surface area contributed by atoms with Gasteiger partial charge in [0.1, 0.15) is 46.0 Å². The van der Waals surface area contributed by atoms with Crippen LogP contribution < -0.4 is 67.3 Å². The van der Waals surface area contributed by atoms with E-state index in [4.69, 9.17) is 37.9 Å². The first-order valence-electron chi connectivity index (χ1n) is 37.6. The van der Waals surface area contributed by atoms with E-state index >= 15 is 0 Å². The van der Waals surface area contributed by atoms with Crippen molar-refractivity contribution in [2.24, 2.45) is 0 Å². The maximum absolute atomic E-state index is 5.61. The van der Waals surface area contributed by atoms with Crippen molar-refractivity contribution >= 4 is 102 Å². The van der Waals surface area contributed by atoms with E-state index in [9.17, 15) is 0 Å². The molecule has 0 aliphatic heterocycles. The molecule has 0 amide bonds. The van der Waals surface area contributed by atoms with Crippen molar-refractivity contribution < 1.29 is 37.9 Å². The van der Waals surface area contributed by atoms with E-state index < -0.39 is 0 Å². The van der Waals surface area contributed by atoms with Gasteiger partial charge in [-0.3, -0.25) is 0 Å². The number of anilines is 18. The van der Waals surface area contributed by atoms with Gasteiger partial charge in [-0.1, -0.05) is 43.5 Å². The van der Waals surface area contributed by atoms with Crippen molar-refractivity contribution in [1.82, 2.24) is 0 Å². The highest BCUT2D eigenvalue weighted by Crippen LogP contribution is 2.50. The fourth-order valence-corrected chi connectivity index (χ4v) is 15.3. The topological polar surface area (TPSA) is 93.3 Å². The second-order valence-electron chi connectivity index (χ2n) is 27.4. The predicted molar refractivity (Wildman–Crippen MR) is 457 cm³/mol. The standard InChI is InChI=1S/C98H90N6O8/c1-105-90-52-36-82(37-53-90)101(83-38-54-91(106-2)55-39-83)78-28-20-74(21-29-78)99(75-22-30-79(31-23-75)102(84-40-56-92(107-3)57-41-84)85-42-58-93(108-4)59-43-85)72-16-12-70(13-17-72)98(68-10-9-11-69-98)71-14-18-73(19-15-71)100(76-24-32-80(33-25-76)103(86-44-60-94(109-5)61-45-86)87-46-62-95(110-6)63-47-87)77-26-34-81(35-27-77)104(88-48-64-96(111-7)65-49-88)89-50-66-97(112-8)67-51-89/h12-67H,9-11,68-69H2,1-8H3. The molecule has 15 rings (SSSR count). The van der Waals surface area contributed by atoms with Crippen LogP contribution in [0.25, 0.3) is 0 Å². The van der Waals surface area contributed by atoms with Gasteiger partial charge in [0.25, 0.3) is 0 Å². The number of methoxy groups -OCH3 is 8. The molecule has 560 valence electrons. The summed E-state index contributed by atoms with van der Waals surface area (Å²) in [7, 11) is 13.5. The maximum atomic E-state index is 5.61. The first kappa shape index (κ1) is 73.8. The molecular formula is C98H90N6O8. The number of hydrogen-bond acceptors (Lipinski definition) is 14. The first-order valence-corrected chi connectivity index (χ1v) is 37.6. The molecule has 112 heavy (non-hydrogen) atoms. The third-order valence-corrected chi connectivity index (χ3v) is 21.2. The molecule has 0 N–H and O–H groups in total. The molecule has 0 spiro atoms. The summed E-state index contributed by atoms with van der Waals surface area (Å²) >= 11 is 0. The molecule has 0 heterocycles. The van der Waals surface area contributed by atoms with Crippen molar-refractivity contribution in [3.63, 3.8) is 0 Å². The third kappa shape index (κ3) is 15.7. The van der Waals surface area contributed by atoms with Crippen LogP contribution in [0.3, 0.4) is 0 Å². The van der Waals surface area contributed by atoms with Gasteiger partial charge in [0.2, 0.25) is 0 Å². The van der Waals surface area contributed by atoms with Gasteiger partial charge in [-0.15, -0.1) is 0 Å². The van der Waals surface area contributed by atoms with Crippen molar-refractivity contribution in [2.45, 2.75) is 37.5 Å². The summed E-state index contributed by atoms with van der Waals surface area (Å²) in [6.45, 7) is 0. The van der Waals surface area contributed by atoms with Crippen LogP contribution >= 0.6 is 0 Å². The van der Waals surface area contributed by atoms with E-state index in [1.165, 1.54) is 17.5 Å². The molecule has 0 unspecified atom stereocenters. The molecule has 0 radical (unpaired) electrons. The normalized spacial score (nSPS) is 12.2. The number of nitrogens with zero attached hydrogens (tertiary/aromatic N) is 6. The smallest absolute Gasteiger partial charge is 0.119 e. The van der Waals surface area contributed by atoms with E-state index in [0.717, 1.165) is 174 Å². The summed E-state index contributed by atoms with van der Waals surface area (Å²) in [5, 5.41) is 0. The van der Waals surface area contributed by atoms with Crippen LogP contribution in [0, 0.1) is 0 Å². The monoisotopic (exact) mass is 1480 g/mol. The zero-order chi connectivity index (χ0) is 76.9. The van der Waals surface area contributed by atoms with Crippen LogP contribution in [0.15, 0.2) is 340 Å². The zero-order valence-electron chi connectivity index (χ0n) is 64.3. The van der Waals surface area contributed by atoms with E-state index in [0.29, 0.717) is 0 Å². The molecule has 0 aromatic heterocycles. The molecule has 14 aromatic rings. The summed E-state index contributed by atoms with van der Waals surface area (Å²) in [6.07, 6.45) is 5.44. The molecule has 1 aliphatic carbocycles. The molecule has 1 saturated carbocycles. The van der Waals surface area contributed by atoms with Gasteiger partial charge in [0, 0.05) is 108 Å². The SMILES string of the molecule is COc1ccc(N(c2ccc(OC)cc2)c2ccc(N(c3ccc(N(c4ccc(OC)cc4)c4ccc(OC)cc4)cc3)c3ccc(C4(c5ccc(N(c6ccc(N(c7ccc(OC)cc7)c7ccc(OC)cc7)cc6)c6ccc(N(c7ccc(OC)cc7)c7ccc(OC)cc7)cc6)cc5)CCCCC4)cc3)cc2)cc1. The highest BCUT2D eigenvalue weighted by Gasteiger charge is 2.36. The fraction of sp³-hybridized carbons (Fsp3) is 0.143. The number of benzene rings is 14. The van der Waals surface area contributed by atoms with Gasteiger partial charge in [-0.2, -0.15) is 0 Å². The Hall–Kier alpha value is -13.7. The van der Waals surface area contributed by atoms with Crippen LogP contribution in [0.5, 0.6) is 46.0 Å². The minimum atomic E-state index is -0.255. The Bertz CT molecular complexity index is 4540. The van der Waals surface area contributed by atoms with E-state index in [1.54, 1.807) is 56.9 Å². The van der Waals surface area contributed by atoms with E-state index in [2.05, 4.69) is 272 Å². The molecular weight excluding hydrogens is 1390 g/mol. The molecule has 14 heteroatoms. The molecule has 14 nitrogen and oxygen atoms in total. The van der Waals surface area contributed by atoms with Crippen LogP contribution in [0.1, 0.15) is 43.2 Å². The molecule has 1 fully saturated rings. The summed E-state index contributed by atoms with van der Waals surface area (Å²) < 4.78 is 44.9. The Morgan fingerprint density at radius 3 is 0.375 bits per heavy atom. The van der Waals surface area contributed by atoms with Crippen LogP contribution in [-0.4, -0.2) is 56.9 Å². The van der Waals surface area contributed by atoms with Gasteiger partial charge in [-0.25, -0.2) is 0 Å². The van der Waals surface area contributed by atoms with Gasteiger partial charge < -0.3 is 67.3 Å². The van der Waals surface area contributed by atoms with Gasteiger partial charge >= 0.3 is 0 Å². The lowest BCUT2D eigenvalue weighted by molar-refractivity contribution is 0.346. The Morgan fingerprint density at radius 2 is 0.259 bits per heavy atom. The van der Waals surface area contributed by atoms with E-state index in [1.807, 2.05) is 97.1 Å². The minimum Gasteiger partial charge on any atom is -0.497 e. The minimum absolute atomic E-state index is 0.255. The molecule has 1 aliphatic rings. The molecule has 14 aromatic carbocycles. The zero-order valence-corrected chi connectivity index (χ0v) is 64.3. The largest absolute Gasteiger partial charge is 0.497 e. The average molecular weight is 1480 g/mol. The summed E-state index contributed by atoms with van der Waals surface area (Å²) in [6, 6.07) is 119. The second-order valence-corrected chi connectivity index (χ2v) is 27.4. The molecule has 0 saturated heterocycles. The number of hydrogen-bond donors (Lipinski definition) is 0. The van der Waals surface area contributed by atoms with Gasteiger partial charge in [0.05, 0.1) is 56.9 Å². The highest BCUT2D eigenvalue weighted by molar-refractivity contribution is 5.87. The van der Waals surface area contributed by atoms with Crippen LogP contribution in [0.2, 0.25) is 0 Å². The van der Waals surface area contributed by atoms with Crippen LogP contribution in [0.4, 0.5) is 102 Å². The lowest BCUT2D eigenvalue weighted by Gasteiger charge is -2.39. The van der Waals surface area contributed by atoms with Crippen molar-refractivity contribution in [1.29, 1.82) is 0 Å². The third-order valence-electron chi connectivity index (χ3n) is 21.2. The second kappa shape index (κ2) is 33.8. The highest BCUT2D eigenvalue weighted by atomic mass is 16.5. The Balaban J connectivity index is 0.807. The molecule has 0 atom stereocenters. The lowest BCUT2D eigenvalue weighted by Crippen LogP contribution is -2.30. The van der Waals surface area contributed by atoms with Gasteiger partial charge in [0.15, 0.2) is 0 Å². The average Bonchev–Trinajstić information content (AvgIpc) is 0.758. The number of ether oxygens (including phenoxy) is 8. The van der Waals surface area contributed by atoms with Crippen molar-refractivity contribution in [2.75, 3.05) is 86.3 Å². The van der Waals surface area contributed by atoms with E-state index in [-0.39, 0.29) is 5.41 Å².